The van der Waals surface area contributed by atoms with Crippen LogP contribution in [0.25, 0.3) is 0 Å². The zero-order valence-electron chi connectivity index (χ0n) is 17.2. The van der Waals surface area contributed by atoms with Gasteiger partial charge in [0.25, 0.3) is 0 Å². The molecule has 0 heterocycles. The lowest BCUT2D eigenvalue weighted by Crippen LogP contribution is -2.20. The Morgan fingerprint density at radius 3 is 1.03 bits per heavy atom. The zero-order chi connectivity index (χ0) is 22.1. The number of nitrogens with two attached hydrogens (primary N) is 2. The van der Waals surface area contributed by atoms with Gasteiger partial charge in [-0.3, -0.25) is 5.41 Å². The van der Waals surface area contributed by atoms with Crippen molar-refractivity contribution < 1.29 is 18.1 Å². The van der Waals surface area contributed by atoms with Crippen molar-refractivity contribution in [1.29, 1.82) is 5.41 Å². The molecular weight excluding hydrogens is 401 g/mol. The van der Waals surface area contributed by atoms with E-state index in [4.69, 9.17) is 19.0 Å². The second kappa shape index (κ2) is 10.4. The Bertz CT molecular complexity index is 878. The van der Waals surface area contributed by atoms with E-state index in [0.717, 1.165) is 16.7 Å². The predicted molar refractivity (Wildman–Crippen MR) is 119 cm³/mol. The van der Waals surface area contributed by atoms with Gasteiger partial charge in [0.05, 0.1) is 0 Å². The fourth-order valence-electron chi connectivity index (χ4n) is 2.24. The molecule has 7 nitrogen and oxygen atoms in total. The van der Waals surface area contributed by atoms with E-state index in [1.54, 1.807) is 36.4 Å². The van der Waals surface area contributed by atoms with Crippen LogP contribution in [-0.2, 0) is 4.57 Å². The third kappa shape index (κ3) is 7.89. The molecule has 0 aliphatic carbocycles. The molecule has 5 N–H and O–H groups in total. The van der Waals surface area contributed by atoms with Crippen LogP contribution in [0.2, 0.25) is 0 Å². The Balaban J connectivity index is 0.000000735. The monoisotopic (exact) mass is 427 g/mol. The molecule has 3 rings (SSSR count). The van der Waals surface area contributed by atoms with Gasteiger partial charge in [0.15, 0.2) is 5.96 Å². The minimum atomic E-state index is -3.93. The lowest BCUT2D eigenvalue weighted by Gasteiger charge is -2.19. The van der Waals surface area contributed by atoms with Gasteiger partial charge in [-0.1, -0.05) is 53.1 Å². The van der Waals surface area contributed by atoms with E-state index >= 15 is 0 Å². The highest BCUT2D eigenvalue weighted by Gasteiger charge is 2.33. The van der Waals surface area contributed by atoms with Crippen LogP contribution in [0.5, 0.6) is 17.2 Å². The van der Waals surface area contributed by atoms with Crippen molar-refractivity contribution in [2.75, 3.05) is 0 Å². The molecule has 0 aliphatic rings. The van der Waals surface area contributed by atoms with Gasteiger partial charge in [0, 0.05) is 0 Å². The summed E-state index contributed by atoms with van der Waals surface area (Å²) in [5.41, 5.74) is 12.2. The summed E-state index contributed by atoms with van der Waals surface area (Å²) in [5.74, 6) is 0.912. The molecule has 3 aromatic carbocycles. The highest BCUT2D eigenvalue weighted by atomic mass is 31.2. The molecule has 0 saturated carbocycles. The van der Waals surface area contributed by atoms with E-state index in [1.165, 1.54) is 0 Å². The number of benzene rings is 3. The number of nitrogens with one attached hydrogen (secondary N) is 1. The molecule has 158 valence electrons. The van der Waals surface area contributed by atoms with Crippen molar-refractivity contribution in [2.45, 2.75) is 20.8 Å². The molecule has 0 aromatic heterocycles. The number of hydrogen-bond acceptors (Lipinski definition) is 5. The number of hydrogen-bond donors (Lipinski definition) is 3. The Morgan fingerprint density at radius 1 is 0.633 bits per heavy atom. The van der Waals surface area contributed by atoms with Crippen molar-refractivity contribution in [2.24, 2.45) is 11.5 Å². The second-order valence-corrected chi connectivity index (χ2v) is 8.06. The number of guanidine groups is 1. The van der Waals surface area contributed by atoms with Crippen molar-refractivity contribution in [3.8, 4) is 17.2 Å². The topological polar surface area (TPSA) is 121 Å². The van der Waals surface area contributed by atoms with Crippen molar-refractivity contribution >= 4 is 13.8 Å². The summed E-state index contributed by atoms with van der Waals surface area (Å²) in [7, 11) is -3.93. The summed E-state index contributed by atoms with van der Waals surface area (Å²) in [4.78, 5) is 0. The van der Waals surface area contributed by atoms with Crippen LogP contribution < -0.4 is 25.0 Å². The van der Waals surface area contributed by atoms with Crippen LogP contribution in [-0.4, -0.2) is 5.96 Å². The fourth-order valence-corrected chi connectivity index (χ4v) is 3.49. The predicted octanol–water partition coefficient (Wildman–Crippen LogP) is 5.10. The normalized spacial score (nSPS) is 10.4. The first-order chi connectivity index (χ1) is 14.1. The maximum atomic E-state index is 13.3. The van der Waals surface area contributed by atoms with Gasteiger partial charge in [-0.2, -0.15) is 4.57 Å². The van der Waals surface area contributed by atoms with Crippen LogP contribution in [0.15, 0.2) is 72.8 Å². The molecule has 0 fully saturated rings. The summed E-state index contributed by atoms with van der Waals surface area (Å²) in [6.45, 7) is 5.90. The molecule has 0 bridgehead atoms. The Hall–Kier alpha value is -3.44. The number of phosphoric acid groups is 1. The standard InChI is InChI=1S/C21H21O4P.CH5N3/c1-16-4-10-19(11-5-16)23-26(22,24-20-12-6-17(2)7-13-20)25-21-14-8-18(3)9-15-21;2-1(3)4/h4-15H,1-3H3;(H5,2,3,4). The van der Waals surface area contributed by atoms with Crippen LogP contribution in [0.3, 0.4) is 0 Å². The van der Waals surface area contributed by atoms with Crippen LogP contribution in [0, 0.1) is 26.2 Å². The molecule has 0 saturated heterocycles. The number of phosphoric ester groups is 1. The first kappa shape index (κ1) is 22.8. The van der Waals surface area contributed by atoms with E-state index in [0.29, 0.717) is 17.2 Å². The summed E-state index contributed by atoms with van der Waals surface area (Å²) >= 11 is 0. The molecule has 3 aromatic rings. The fraction of sp³-hybridized carbons (Fsp3) is 0.136. The minimum absolute atomic E-state index is 0.333. The van der Waals surface area contributed by atoms with Gasteiger partial charge >= 0.3 is 7.82 Å². The maximum Gasteiger partial charge on any atom is 0.647 e. The van der Waals surface area contributed by atoms with Crippen molar-refractivity contribution in [3.05, 3.63) is 89.5 Å². The van der Waals surface area contributed by atoms with E-state index in [2.05, 4.69) is 11.5 Å². The SMILES string of the molecule is Cc1ccc(OP(=O)(Oc2ccc(C)cc2)Oc2ccc(C)cc2)cc1.N=C(N)N. The molecule has 0 amide bonds. The lowest BCUT2D eigenvalue weighted by atomic mass is 10.2. The quantitative estimate of drug-likeness (QED) is 0.286. The summed E-state index contributed by atoms with van der Waals surface area (Å²) in [5, 5.41) is 6.06. The second-order valence-electron chi connectivity index (χ2n) is 6.62. The lowest BCUT2D eigenvalue weighted by molar-refractivity contribution is 0.298. The molecule has 8 heteroatoms. The molecular formula is C22H26N3O4P. The highest BCUT2D eigenvalue weighted by molar-refractivity contribution is 7.49. The van der Waals surface area contributed by atoms with E-state index in [1.807, 2.05) is 57.2 Å². The van der Waals surface area contributed by atoms with E-state index in [9.17, 15) is 4.57 Å². The van der Waals surface area contributed by atoms with Gasteiger partial charge in [-0.15, -0.1) is 0 Å². The van der Waals surface area contributed by atoms with E-state index < -0.39 is 7.82 Å². The first-order valence-electron chi connectivity index (χ1n) is 9.13. The largest absolute Gasteiger partial charge is 0.647 e. The molecule has 0 unspecified atom stereocenters. The van der Waals surface area contributed by atoms with Crippen LogP contribution in [0.1, 0.15) is 16.7 Å². The smallest absolute Gasteiger partial charge is 0.386 e. The molecule has 0 radical (unpaired) electrons. The summed E-state index contributed by atoms with van der Waals surface area (Å²) < 4.78 is 30.2. The Morgan fingerprint density at radius 2 is 0.833 bits per heavy atom. The minimum Gasteiger partial charge on any atom is -0.386 e. The average Bonchev–Trinajstić information content (AvgIpc) is 2.67. The van der Waals surface area contributed by atoms with Gasteiger partial charge in [-0.05, 0) is 57.2 Å². The third-order valence-electron chi connectivity index (χ3n) is 3.71. The molecule has 0 spiro atoms. The highest BCUT2D eigenvalue weighted by Crippen LogP contribution is 2.49. The zero-order valence-corrected chi connectivity index (χ0v) is 18.1. The molecule has 0 atom stereocenters. The summed E-state index contributed by atoms with van der Waals surface area (Å²) in [6.07, 6.45) is 0. The maximum absolute atomic E-state index is 13.3. The first-order valence-corrected chi connectivity index (χ1v) is 10.6. The average molecular weight is 427 g/mol. The number of aryl methyl sites for hydroxylation is 3. The van der Waals surface area contributed by atoms with Crippen molar-refractivity contribution in [3.63, 3.8) is 0 Å². The van der Waals surface area contributed by atoms with Crippen LogP contribution >= 0.6 is 7.82 Å². The summed E-state index contributed by atoms with van der Waals surface area (Å²) in [6, 6.07) is 21.6. The molecule has 30 heavy (non-hydrogen) atoms. The van der Waals surface area contributed by atoms with Gasteiger partial charge in [-0.25, -0.2) is 0 Å². The van der Waals surface area contributed by atoms with Gasteiger partial charge < -0.3 is 25.0 Å². The van der Waals surface area contributed by atoms with E-state index in [-0.39, 0.29) is 5.96 Å². The van der Waals surface area contributed by atoms with Crippen LogP contribution in [0.4, 0.5) is 0 Å². The van der Waals surface area contributed by atoms with Gasteiger partial charge in [0.2, 0.25) is 0 Å². The van der Waals surface area contributed by atoms with Gasteiger partial charge in [0.1, 0.15) is 17.2 Å². The Labute approximate surface area is 176 Å². The Kier molecular flexibility index (Phi) is 7.90. The molecule has 0 aliphatic heterocycles. The third-order valence-corrected chi connectivity index (χ3v) is 5.02. The number of rotatable bonds is 6. The van der Waals surface area contributed by atoms with Crippen molar-refractivity contribution in [1.82, 2.24) is 0 Å².